The third kappa shape index (κ3) is 2.42. The zero-order chi connectivity index (χ0) is 12.5. The van der Waals surface area contributed by atoms with Gasteiger partial charge in [0.05, 0.1) is 18.0 Å². The summed E-state index contributed by atoms with van der Waals surface area (Å²) in [4.78, 5) is 24.8. The van der Waals surface area contributed by atoms with Gasteiger partial charge in [0.15, 0.2) is 0 Å². The average Bonchev–Trinajstić information content (AvgIpc) is 2.41. The van der Waals surface area contributed by atoms with Crippen LogP contribution in [0.5, 0.6) is 0 Å². The number of amides is 2. The van der Waals surface area contributed by atoms with E-state index in [9.17, 15) is 9.59 Å². The van der Waals surface area contributed by atoms with Gasteiger partial charge in [-0.3, -0.25) is 19.8 Å². The van der Waals surface area contributed by atoms with Crippen LogP contribution in [0.25, 0.3) is 0 Å². The Morgan fingerprint density at radius 3 is 2.44 bits per heavy atom. The van der Waals surface area contributed by atoms with Crippen LogP contribution in [0.1, 0.15) is 34.1 Å². The molecule has 0 saturated carbocycles. The highest BCUT2D eigenvalue weighted by Gasteiger charge is 2.41. The molecule has 0 aromatic carbocycles. The van der Waals surface area contributed by atoms with Crippen molar-refractivity contribution in [3.05, 3.63) is 0 Å². The number of carbonyl (C=O) groups excluding carboxylic acids is 2. The quantitative estimate of drug-likeness (QED) is 0.559. The lowest BCUT2D eigenvalue weighted by molar-refractivity contribution is -0.140. The molecule has 1 saturated heterocycles. The topological polar surface area (TPSA) is 49.4 Å². The lowest BCUT2D eigenvalue weighted by atomic mass is 10.0. The fourth-order valence-electron chi connectivity index (χ4n) is 1.78. The highest BCUT2D eigenvalue weighted by molar-refractivity contribution is 6.05. The van der Waals surface area contributed by atoms with Crippen LogP contribution in [-0.2, 0) is 9.59 Å². The number of nitrogens with zero attached hydrogens (tertiary/aromatic N) is 1. The van der Waals surface area contributed by atoms with Crippen molar-refractivity contribution in [3.63, 3.8) is 0 Å². The summed E-state index contributed by atoms with van der Waals surface area (Å²) < 4.78 is 0. The summed E-state index contributed by atoms with van der Waals surface area (Å²) >= 11 is 0. The molecule has 0 bridgehead atoms. The van der Waals surface area contributed by atoms with Gasteiger partial charge >= 0.3 is 0 Å². The maximum absolute atomic E-state index is 11.9. The van der Waals surface area contributed by atoms with Gasteiger partial charge in [0.25, 0.3) is 0 Å². The van der Waals surface area contributed by atoms with Crippen LogP contribution < -0.4 is 5.32 Å². The molecule has 1 rings (SSSR count). The van der Waals surface area contributed by atoms with E-state index in [0.717, 1.165) is 0 Å². The van der Waals surface area contributed by atoms with Gasteiger partial charge < -0.3 is 0 Å². The molecular weight excluding hydrogens is 204 g/mol. The van der Waals surface area contributed by atoms with Gasteiger partial charge in [-0.05, 0) is 27.7 Å². The van der Waals surface area contributed by atoms with Gasteiger partial charge in [0.1, 0.15) is 0 Å². The van der Waals surface area contributed by atoms with Crippen LogP contribution in [0.3, 0.4) is 0 Å². The van der Waals surface area contributed by atoms with E-state index in [2.05, 4.69) is 11.2 Å². The SMILES string of the molecule is C#CC(C)(C)NC1CC(=O)N(C(C)C)C1=O. The number of nitrogens with one attached hydrogen (secondary N) is 1. The molecule has 88 valence electrons. The number of carbonyl (C=O) groups is 2. The maximum Gasteiger partial charge on any atom is 0.247 e. The van der Waals surface area contributed by atoms with Gasteiger partial charge in [-0.15, -0.1) is 6.42 Å². The van der Waals surface area contributed by atoms with Crippen molar-refractivity contribution in [1.29, 1.82) is 0 Å². The zero-order valence-corrected chi connectivity index (χ0v) is 10.2. The van der Waals surface area contributed by atoms with E-state index >= 15 is 0 Å². The third-order valence-electron chi connectivity index (χ3n) is 2.60. The molecule has 16 heavy (non-hydrogen) atoms. The third-order valence-corrected chi connectivity index (χ3v) is 2.60. The van der Waals surface area contributed by atoms with Crippen molar-refractivity contribution in [2.45, 2.75) is 51.7 Å². The molecule has 4 nitrogen and oxygen atoms in total. The standard InChI is InChI=1S/C12H18N2O2/c1-6-12(4,5)13-9-7-10(15)14(8(2)3)11(9)16/h1,8-9,13H,7H2,2-5H3. The molecule has 0 aliphatic carbocycles. The summed E-state index contributed by atoms with van der Waals surface area (Å²) in [5, 5.41) is 3.02. The Labute approximate surface area is 96.4 Å². The van der Waals surface area contributed by atoms with E-state index in [0.29, 0.717) is 0 Å². The molecule has 4 heteroatoms. The molecule has 1 N–H and O–H groups in total. The van der Waals surface area contributed by atoms with Crippen LogP contribution in [0.4, 0.5) is 0 Å². The molecule has 1 aliphatic heterocycles. The lowest BCUT2D eigenvalue weighted by Gasteiger charge is -2.24. The van der Waals surface area contributed by atoms with Crippen LogP contribution in [-0.4, -0.2) is 34.3 Å². The van der Waals surface area contributed by atoms with Crippen LogP contribution in [0, 0.1) is 12.3 Å². The zero-order valence-electron chi connectivity index (χ0n) is 10.2. The molecule has 0 radical (unpaired) electrons. The first kappa shape index (κ1) is 12.7. The Morgan fingerprint density at radius 2 is 2.06 bits per heavy atom. The summed E-state index contributed by atoms with van der Waals surface area (Å²) in [6.07, 6.45) is 5.53. The molecule has 0 aromatic rings. The van der Waals surface area contributed by atoms with Gasteiger partial charge in [0.2, 0.25) is 11.8 Å². The Balaban J connectivity index is 2.78. The molecule has 2 amide bonds. The summed E-state index contributed by atoms with van der Waals surface area (Å²) in [5.41, 5.74) is -0.576. The number of hydrogen-bond donors (Lipinski definition) is 1. The van der Waals surface area contributed by atoms with Crippen molar-refractivity contribution in [1.82, 2.24) is 10.2 Å². The predicted octanol–water partition coefficient (Wildman–Crippen LogP) is 0.524. The molecular formula is C12H18N2O2. The van der Waals surface area contributed by atoms with E-state index in [-0.39, 0.29) is 24.3 Å². The summed E-state index contributed by atoms with van der Waals surface area (Å²) in [5.74, 6) is 2.24. The second kappa shape index (κ2) is 4.26. The monoisotopic (exact) mass is 222 g/mol. The predicted molar refractivity (Wildman–Crippen MR) is 61.4 cm³/mol. The van der Waals surface area contributed by atoms with Crippen molar-refractivity contribution in [2.24, 2.45) is 0 Å². The minimum Gasteiger partial charge on any atom is -0.290 e. The number of likely N-dealkylation sites (tertiary alicyclic amines) is 1. The second-order valence-corrected chi connectivity index (χ2v) is 4.87. The normalized spacial score (nSPS) is 21.8. The Hall–Kier alpha value is -1.34. The van der Waals surface area contributed by atoms with Crippen LogP contribution in [0.2, 0.25) is 0 Å². The van der Waals surface area contributed by atoms with E-state index in [1.54, 1.807) is 0 Å². The minimum absolute atomic E-state index is 0.0965. The minimum atomic E-state index is -0.576. The molecule has 1 unspecified atom stereocenters. The van der Waals surface area contributed by atoms with E-state index in [4.69, 9.17) is 6.42 Å². The molecule has 1 atom stereocenters. The summed E-state index contributed by atoms with van der Waals surface area (Å²) in [6, 6.07) is -0.582. The van der Waals surface area contributed by atoms with Gasteiger partial charge in [-0.1, -0.05) is 5.92 Å². The highest BCUT2D eigenvalue weighted by atomic mass is 16.2. The number of terminal acetylenes is 1. The van der Waals surface area contributed by atoms with Gasteiger partial charge in [-0.25, -0.2) is 0 Å². The van der Waals surface area contributed by atoms with E-state index in [1.165, 1.54) is 4.90 Å². The van der Waals surface area contributed by atoms with Crippen molar-refractivity contribution in [3.8, 4) is 12.3 Å². The maximum atomic E-state index is 11.9. The van der Waals surface area contributed by atoms with Crippen LogP contribution in [0.15, 0.2) is 0 Å². The fourth-order valence-corrected chi connectivity index (χ4v) is 1.78. The van der Waals surface area contributed by atoms with Gasteiger partial charge in [0, 0.05) is 6.04 Å². The summed E-state index contributed by atoms with van der Waals surface area (Å²) in [6.45, 7) is 7.26. The molecule has 1 aliphatic rings. The van der Waals surface area contributed by atoms with E-state index in [1.807, 2.05) is 27.7 Å². The Bertz CT molecular complexity index is 353. The number of rotatable bonds is 3. The molecule has 1 fully saturated rings. The van der Waals surface area contributed by atoms with Crippen molar-refractivity contribution in [2.75, 3.05) is 0 Å². The average molecular weight is 222 g/mol. The first-order chi connectivity index (χ1) is 7.28. The second-order valence-electron chi connectivity index (χ2n) is 4.87. The molecule has 0 spiro atoms. The highest BCUT2D eigenvalue weighted by Crippen LogP contribution is 2.18. The fraction of sp³-hybridized carbons (Fsp3) is 0.667. The first-order valence-corrected chi connectivity index (χ1v) is 5.40. The largest absolute Gasteiger partial charge is 0.290 e. The lowest BCUT2D eigenvalue weighted by Crippen LogP contribution is -2.49. The van der Waals surface area contributed by atoms with Crippen LogP contribution >= 0.6 is 0 Å². The Kier molecular flexibility index (Phi) is 3.39. The smallest absolute Gasteiger partial charge is 0.247 e. The number of hydrogen-bond acceptors (Lipinski definition) is 3. The van der Waals surface area contributed by atoms with E-state index < -0.39 is 11.6 Å². The van der Waals surface area contributed by atoms with Crippen molar-refractivity contribution < 1.29 is 9.59 Å². The Morgan fingerprint density at radius 1 is 1.50 bits per heavy atom. The first-order valence-electron chi connectivity index (χ1n) is 5.40. The van der Waals surface area contributed by atoms with Gasteiger partial charge in [-0.2, -0.15) is 0 Å². The summed E-state index contributed by atoms with van der Waals surface area (Å²) in [7, 11) is 0. The number of imide groups is 1. The van der Waals surface area contributed by atoms with Crippen molar-refractivity contribution >= 4 is 11.8 Å². The molecule has 0 aromatic heterocycles. The molecule has 1 heterocycles.